The average molecular weight is 354 g/mol. The minimum atomic E-state index is 0.585. The third kappa shape index (κ3) is 3.63. The largest absolute Gasteiger partial charge is 0.253 e. The number of hydrogen-bond acceptors (Lipinski definition) is 5. The summed E-state index contributed by atoms with van der Waals surface area (Å²) in [4.78, 5) is 5.54. The van der Waals surface area contributed by atoms with Crippen LogP contribution in [0.3, 0.4) is 0 Å². The molecule has 0 aliphatic rings. The van der Waals surface area contributed by atoms with E-state index in [4.69, 9.17) is 23.2 Å². The molecule has 3 aromatic rings. The summed E-state index contributed by atoms with van der Waals surface area (Å²) in [6, 6.07) is 9.34. The van der Waals surface area contributed by atoms with Crippen molar-refractivity contribution in [1.29, 1.82) is 0 Å². The van der Waals surface area contributed by atoms with Gasteiger partial charge in [0.05, 0.1) is 16.9 Å². The van der Waals surface area contributed by atoms with E-state index in [0.29, 0.717) is 15.2 Å². The first-order chi connectivity index (χ1) is 10.2. The topological polar surface area (TPSA) is 37.3 Å². The minimum Gasteiger partial charge on any atom is -0.253 e. The number of aromatic nitrogens is 1. The second-order valence-electron chi connectivity index (χ2n) is 4.05. The summed E-state index contributed by atoms with van der Waals surface area (Å²) in [5, 5.41) is 10.00. The Morgan fingerprint density at radius 1 is 1.19 bits per heavy atom. The second kappa shape index (κ2) is 6.58. The van der Waals surface area contributed by atoms with Crippen LogP contribution in [0.2, 0.25) is 10.0 Å². The number of benzene rings is 1. The third-order valence-corrected chi connectivity index (χ3v) is 4.71. The fourth-order valence-corrected chi connectivity index (χ4v) is 3.41. The van der Waals surface area contributed by atoms with Crippen LogP contribution in [-0.2, 0) is 0 Å². The van der Waals surface area contributed by atoms with Gasteiger partial charge < -0.3 is 0 Å². The van der Waals surface area contributed by atoms with Crippen LogP contribution < -0.4 is 5.43 Å². The van der Waals surface area contributed by atoms with Crippen LogP contribution >= 0.6 is 45.9 Å². The van der Waals surface area contributed by atoms with Crippen molar-refractivity contribution in [3.05, 3.63) is 56.0 Å². The zero-order chi connectivity index (χ0) is 14.7. The van der Waals surface area contributed by atoms with Gasteiger partial charge in [0.15, 0.2) is 0 Å². The maximum absolute atomic E-state index is 6.18. The van der Waals surface area contributed by atoms with Crippen molar-refractivity contribution >= 4 is 57.2 Å². The highest BCUT2D eigenvalue weighted by atomic mass is 35.5. The summed E-state index contributed by atoms with van der Waals surface area (Å²) >= 11 is 15.2. The van der Waals surface area contributed by atoms with Gasteiger partial charge in [-0.3, -0.25) is 5.43 Å². The molecule has 0 saturated carbocycles. The summed E-state index contributed by atoms with van der Waals surface area (Å²) in [5.74, 6) is 0. The van der Waals surface area contributed by atoms with Crippen LogP contribution in [0.5, 0.6) is 0 Å². The van der Waals surface area contributed by atoms with E-state index in [2.05, 4.69) is 15.5 Å². The number of rotatable bonds is 4. The summed E-state index contributed by atoms with van der Waals surface area (Å²) in [6.45, 7) is 0. The first-order valence-electron chi connectivity index (χ1n) is 5.96. The Kier molecular flexibility index (Phi) is 4.55. The van der Waals surface area contributed by atoms with Crippen LogP contribution in [0.15, 0.2) is 46.2 Å². The van der Waals surface area contributed by atoms with E-state index in [-0.39, 0.29) is 0 Å². The number of thiophene rings is 1. The number of anilines is 1. The average Bonchev–Trinajstić information content (AvgIpc) is 3.10. The Bertz CT molecular complexity index is 766. The monoisotopic (exact) mass is 353 g/mol. The molecule has 106 valence electrons. The Labute approximate surface area is 139 Å². The van der Waals surface area contributed by atoms with Crippen LogP contribution in [0.25, 0.3) is 11.3 Å². The van der Waals surface area contributed by atoms with E-state index in [9.17, 15) is 0 Å². The van der Waals surface area contributed by atoms with Crippen LogP contribution in [-0.4, -0.2) is 11.2 Å². The predicted octanol–water partition coefficient (Wildman–Crippen LogP) is 5.62. The molecule has 0 unspecified atom stereocenters. The van der Waals surface area contributed by atoms with Gasteiger partial charge in [0.2, 0.25) is 5.13 Å². The highest BCUT2D eigenvalue weighted by Gasteiger charge is 2.08. The number of hydrazone groups is 1. The third-order valence-electron chi connectivity index (χ3n) is 2.61. The molecule has 7 heteroatoms. The zero-order valence-corrected chi connectivity index (χ0v) is 13.7. The molecule has 0 saturated heterocycles. The quantitative estimate of drug-likeness (QED) is 0.487. The molecule has 0 aliphatic heterocycles. The van der Waals surface area contributed by atoms with E-state index in [1.54, 1.807) is 29.7 Å². The van der Waals surface area contributed by atoms with Gasteiger partial charge in [0.25, 0.3) is 0 Å². The second-order valence-corrected chi connectivity index (χ2v) is 6.73. The van der Waals surface area contributed by atoms with Gasteiger partial charge >= 0.3 is 0 Å². The first kappa shape index (κ1) is 14.5. The standard InChI is InChI=1S/C14H9Cl2N3S2/c15-9-3-4-11(12(16)6-9)13-8-21-14(18-13)19-17-7-10-2-1-5-20-10/h1-8H,(H,18,19)/b17-7-. The molecule has 0 spiro atoms. The minimum absolute atomic E-state index is 0.585. The molecular weight excluding hydrogens is 345 g/mol. The van der Waals surface area contributed by atoms with Crippen molar-refractivity contribution in [3.63, 3.8) is 0 Å². The summed E-state index contributed by atoms with van der Waals surface area (Å²) in [6.07, 6.45) is 1.76. The van der Waals surface area contributed by atoms with Gasteiger partial charge in [-0.1, -0.05) is 29.3 Å². The molecule has 0 aliphatic carbocycles. The van der Waals surface area contributed by atoms with Crippen molar-refractivity contribution < 1.29 is 0 Å². The van der Waals surface area contributed by atoms with E-state index in [1.165, 1.54) is 11.3 Å². The van der Waals surface area contributed by atoms with Crippen LogP contribution in [0, 0.1) is 0 Å². The molecule has 0 fully saturated rings. The van der Waals surface area contributed by atoms with Gasteiger partial charge in [-0.15, -0.1) is 22.7 Å². The van der Waals surface area contributed by atoms with E-state index in [0.717, 1.165) is 16.1 Å². The number of nitrogens with one attached hydrogen (secondary N) is 1. The van der Waals surface area contributed by atoms with E-state index in [1.807, 2.05) is 29.0 Å². The highest BCUT2D eigenvalue weighted by Crippen LogP contribution is 2.32. The molecule has 2 aromatic heterocycles. The van der Waals surface area contributed by atoms with Crippen molar-refractivity contribution in [1.82, 2.24) is 4.98 Å². The fourth-order valence-electron chi connectivity index (χ4n) is 1.66. The molecule has 0 radical (unpaired) electrons. The lowest BCUT2D eigenvalue weighted by molar-refractivity contribution is 1.29. The van der Waals surface area contributed by atoms with Crippen molar-refractivity contribution in [3.8, 4) is 11.3 Å². The predicted molar refractivity (Wildman–Crippen MR) is 93.1 cm³/mol. The Morgan fingerprint density at radius 2 is 2.10 bits per heavy atom. The van der Waals surface area contributed by atoms with Gasteiger partial charge in [0.1, 0.15) is 0 Å². The lowest BCUT2D eigenvalue weighted by Crippen LogP contribution is -1.88. The number of hydrogen-bond donors (Lipinski definition) is 1. The maximum atomic E-state index is 6.18. The smallest absolute Gasteiger partial charge is 0.203 e. The summed E-state index contributed by atoms with van der Waals surface area (Å²) in [5.41, 5.74) is 4.57. The van der Waals surface area contributed by atoms with Crippen molar-refractivity contribution in [2.45, 2.75) is 0 Å². The molecule has 0 amide bonds. The Morgan fingerprint density at radius 3 is 2.86 bits per heavy atom. The summed E-state index contributed by atoms with van der Waals surface area (Å²) in [7, 11) is 0. The van der Waals surface area contributed by atoms with Gasteiger partial charge in [0, 0.05) is 20.8 Å². The summed E-state index contributed by atoms with van der Waals surface area (Å²) < 4.78 is 0. The molecule has 3 rings (SSSR count). The fraction of sp³-hybridized carbons (Fsp3) is 0. The first-order valence-corrected chi connectivity index (χ1v) is 8.47. The maximum Gasteiger partial charge on any atom is 0.203 e. The number of thiazole rings is 1. The molecule has 2 heterocycles. The SMILES string of the molecule is Clc1ccc(-c2csc(N/N=C\c3cccs3)n2)c(Cl)c1. The molecule has 1 aromatic carbocycles. The van der Waals surface area contributed by atoms with Gasteiger partial charge in [-0.2, -0.15) is 5.10 Å². The van der Waals surface area contributed by atoms with Crippen molar-refractivity contribution in [2.24, 2.45) is 5.10 Å². The lowest BCUT2D eigenvalue weighted by Gasteiger charge is -2.00. The van der Waals surface area contributed by atoms with E-state index >= 15 is 0 Å². The number of nitrogens with zero attached hydrogens (tertiary/aromatic N) is 2. The van der Waals surface area contributed by atoms with Gasteiger partial charge in [-0.05, 0) is 29.6 Å². The van der Waals surface area contributed by atoms with Gasteiger partial charge in [-0.25, -0.2) is 4.98 Å². The Balaban J connectivity index is 1.74. The van der Waals surface area contributed by atoms with E-state index < -0.39 is 0 Å². The highest BCUT2D eigenvalue weighted by molar-refractivity contribution is 7.14. The molecule has 21 heavy (non-hydrogen) atoms. The zero-order valence-electron chi connectivity index (χ0n) is 10.6. The molecule has 0 atom stereocenters. The molecular formula is C14H9Cl2N3S2. The molecule has 0 bridgehead atoms. The Hall–Kier alpha value is -1.40. The van der Waals surface area contributed by atoms with Crippen molar-refractivity contribution in [2.75, 3.05) is 5.43 Å². The van der Waals surface area contributed by atoms with Crippen LogP contribution in [0.4, 0.5) is 5.13 Å². The molecule has 1 N–H and O–H groups in total. The lowest BCUT2D eigenvalue weighted by atomic mass is 10.2. The van der Waals surface area contributed by atoms with Crippen LogP contribution in [0.1, 0.15) is 4.88 Å². The normalized spacial score (nSPS) is 11.1. The number of halogens is 2. The molecule has 3 nitrogen and oxygen atoms in total.